The molecule has 0 spiro atoms. The number of hydrogen-bond acceptors (Lipinski definition) is 4. The van der Waals surface area contributed by atoms with Crippen LogP contribution in [0.15, 0.2) is 42.6 Å². The van der Waals surface area contributed by atoms with E-state index < -0.39 is 0 Å². The first kappa shape index (κ1) is 12.1. The van der Waals surface area contributed by atoms with Gasteiger partial charge in [-0.25, -0.2) is 4.98 Å². The number of pyridine rings is 1. The highest BCUT2D eigenvalue weighted by atomic mass is 16.5. The van der Waals surface area contributed by atoms with Crippen molar-refractivity contribution < 1.29 is 4.74 Å². The van der Waals surface area contributed by atoms with Crippen LogP contribution in [0.1, 0.15) is 11.1 Å². The normalized spacial score (nSPS) is 9.78. The van der Waals surface area contributed by atoms with E-state index in [0.29, 0.717) is 18.0 Å². The van der Waals surface area contributed by atoms with Crippen LogP contribution in [-0.4, -0.2) is 12.1 Å². The fraction of sp³-hybridized carbons (Fsp3) is 0.143. The Labute approximate surface area is 106 Å². The molecule has 0 aliphatic carbocycles. The molecule has 4 heteroatoms. The second-order valence-corrected chi connectivity index (χ2v) is 3.76. The number of anilines is 2. The van der Waals surface area contributed by atoms with Gasteiger partial charge in [-0.1, -0.05) is 18.2 Å². The van der Waals surface area contributed by atoms with E-state index in [4.69, 9.17) is 10.00 Å². The molecule has 18 heavy (non-hydrogen) atoms. The van der Waals surface area contributed by atoms with Crippen LogP contribution in [-0.2, 0) is 11.3 Å². The van der Waals surface area contributed by atoms with E-state index in [1.54, 1.807) is 25.4 Å². The highest BCUT2D eigenvalue weighted by Crippen LogP contribution is 2.20. The van der Waals surface area contributed by atoms with Gasteiger partial charge in [0.2, 0.25) is 0 Å². The Morgan fingerprint density at radius 1 is 1.33 bits per heavy atom. The van der Waals surface area contributed by atoms with Crippen molar-refractivity contribution in [2.24, 2.45) is 0 Å². The maximum atomic E-state index is 8.84. The molecule has 0 aliphatic heterocycles. The Morgan fingerprint density at radius 3 is 2.94 bits per heavy atom. The molecule has 0 unspecified atom stereocenters. The van der Waals surface area contributed by atoms with Gasteiger partial charge < -0.3 is 10.1 Å². The van der Waals surface area contributed by atoms with Crippen molar-refractivity contribution in [3.8, 4) is 6.07 Å². The van der Waals surface area contributed by atoms with Crippen molar-refractivity contribution in [1.82, 2.24) is 4.98 Å². The zero-order chi connectivity index (χ0) is 12.8. The van der Waals surface area contributed by atoms with Gasteiger partial charge in [0.05, 0.1) is 18.2 Å². The van der Waals surface area contributed by atoms with Crippen LogP contribution >= 0.6 is 0 Å². The summed E-state index contributed by atoms with van der Waals surface area (Å²) in [4.78, 5) is 4.18. The van der Waals surface area contributed by atoms with E-state index in [0.717, 1.165) is 11.3 Å². The number of aromatic nitrogens is 1. The van der Waals surface area contributed by atoms with E-state index in [9.17, 15) is 0 Å². The zero-order valence-electron chi connectivity index (χ0n) is 10.1. The van der Waals surface area contributed by atoms with Crippen LogP contribution in [0.3, 0.4) is 0 Å². The lowest BCUT2D eigenvalue weighted by Gasteiger charge is -2.10. The van der Waals surface area contributed by atoms with Crippen LogP contribution in [0.2, 0.25) is 0 Å². The number of para-hydroxylation sites is 1. The average molecular weight is 239 g/mol. The summed E-state index contributed by atoms with van der Waals surface area (Å²) in [5.74, 6) is 0.651. The lowest BCUT2D eigenvalue weighted by molar-refractivity contribution is 0.185. The molecule has 0 saturated carbocycles. The molecule has 0 atom stereocenters. The summed E-state index contributed by atoms with van der Waals surface area (Å²) >= 11 is 0. The SMILES string of the molecule is COCc1ccccc1Nc1cc(C#N)ccn1. The highest BCUT2D eigenvalue weighted by molar-refractivity contribution is 5.61. The number of hydrogen-bond donors (Lipinski definition) is 1. The summed E-state index contributed by atoms with van der Waals surface area (Å²) in [6, 6.07) is 13.3. The third kappa shape index (κ3) is 2.84. The molecule has 90 valence electrons. The third-order valence-corrected chi connectivity index (χ3v) is 2.47. The molecule has 1 N–H and O–H groups in total. The minimum Gasteiger partial charge on any atom is -0.380 e. The molecular formula is C14H13N3O. The monoisotopic (exact) mass is 239 g/mol. The van der Waals surface area contributed by atoms with Gasteiger partial charge in [0.15, 0.2) is 0 Å². The quantitative estimate of drug-likeness (QED) is 0.891. The maximum Gasteiger partial charge on any atom is 0.131 e. The molecule has 0 fully saturated rings. The summed E-state index contributed by atoms with van der Waals surface area (Å²) in [5, 5.41) is 12.0. The Kier molecular flexibility index (Phi) is 3.90. The molecule has 1 aromatic heterocycles. The predicted octanol–water partition coefficient (Wildman–Crippen LogP) is 2.84. The fourth-order valence-corrected chi connectivity index (χ4v) is 1.63. The summed E-state index contributed by atoms with van der Waals surface area (Å²) in [6.45, 7) is 0.529. The molecule has 1 heterocycles. The summed E-state index contributed by atoms with van der Waals surface area (Å²) in [5.41, 5.74) is 2.56. The number of ether oxygens (including phenoxy) is 1. The Balaban J connectivity index is 2.25. The second-order valence-electron chi connectivity index (χ2n) is 3.76. The van der Waals surface area contributed by atoms with E-state index >= 15 is 0 Å². The van der Waals surface area contributed by atoms with Crippen LogP contribution in [0.4, 0.5) is 11.5 Å². The first-order valence-electron chi connectivity index (χ1n) is 5.53. The third-order valence-electron chi connectivity index (χ3n) is 2.47. The number of nitrogens with zero attached hydrogens (tertiary/aromatic N) is 2. The van der Waals surface area contributed by atoms with Crippen molar-refractivity contribution in [3.05, 3.63) is 53.7 Å². The first-order valence-corrected chi connectivity index (χ1v) is 5.53. The van der Waals surface area contributed by atoms with E-state index in [1.165, 1.54) is 0 Å². The molecule has 0 saturated heterocycles. The smallest absolute Gasteiger partial charge is 0.131 e. The van der Waals surface area contributed by atoms with Crippen molar-refractivity contribution in [3.63, 3.8) is 0 Å². The molecule has 4 nitrogen and oxygen atoms in total. The maximum absolute atomic E-state index is 8.84. The topological polar surface area (TPSA) is 57.9 Å². The lowest BCUT2D eigenvalue weighted by Crippen LogP contribution is -1.99. The molecule has 1 aromatic carbocycles. The first-order chi connectivity index (χ1) is 8.83. The van der Waals surface area contributed by atoms with Gasteiger partial charge in [0.1, 0.15) is 5.82 Å². The van der Waals surface area contributed by atoms with Gasteiger partial charge in [-0.2, -0.15) is 5.26 Å². The molecule has 2 rings (SSSR count). The minimum absolute atomic E-state index is 0.529. The standard InChI is InChI=1S/C14H13N3O/c1-18-10-12-4-2-3-5-13(12)17-14-8-11(9-15)6-7-16-14/h2-8H,10H2,1H3,(H,16,17). The summed E-state index contributed by atoms with van der Waals surface area (Å²) in [6.07, 6.45) is 1.61. The molecule has 0 radical (unpaired) electrons. The number of methoxy groups -OCH3 is 1. The molecule has 0 amide bonds. The summed E-state index contributed by atoms with van der Waals surface area (Å²) in [7, 11) is 1.66. The minimum atomic E-state index is 0.529. The lowest BCUT2D eigenvalue weighted by atomic mass is 10.2. The van der Waals surface area contributed by atoms with Crippen molar-refractivity contribution in [2.45, 2.75) is 6.61 Å². The van der Waals surface area contributed by atoms with Crippen molar-refractivity contribution in [1.29, 1.82) is 5.26 Å². The summed E-state index contributed by atoms with van der Waals surface area (Å²) < 4.78 is 5.14. The second kappa shape index (κ2) is 5.80. The molecule has 0 aliphatic rings. The van der Waals surface area contributed by atoms with Gasteiger partial charge in [-0.15, -0.1) is 0 Å². The van der Waals surface area contributed by atoms with Crippen LogP contribution in [0.5, 0.6) is 0 Å². The van der Waals surface area contributed by atoms with Gasteiger partial charge in [0.25, 0.3) is 0 Å². The average Bonchev–Trinajstić information content (AvgIpc) is 2.41. The number of benzene rings is 1. The molecular weight excluding hydrogens is 226 g/mol. The molecule has 2 aromatic rings. The Bertz CT molecular complexity index is 575. The van der Waals surface area contributed by atoms with Gasteiger partial charge >= 0.3 is 0 Å². The number of rotatable bonds is 4. The van der Waals surface area contributed by atoms with Crippen LogP contribution in [0, 0.1) is 11.3 Å². The highest BCUT2D eigenvalue weighted by Gasteiger charge is 2.03. The van der Waals surface area contributed by atoms with Gasteiger partial charge in [-0.3, -0.25) is 0 Å². The van der Waals surface area contributed by atoms with Crippen LogP contribution < -0.4 is 5.32 Å². The molecule has 0 bridgehead atoms. The van der Waals surface area contributed by atoms with E-state index in [-0.39, 0.29) is 0 Å². The predicted molar refractivity (Wildman–Crippen MR) is 69.4 cm³/mol. The number of nitrogens with one attached hydrogen (secondary N) is 1. The van der Waals surface area contributed by atoms with Gasteiger partial charge in [-0.05, 0) is 18.2 Å². The van der Waals surface area contributed by atoms with E-state index in [1.807, 2.05) is 24.3 Å². The Hall–Kier alpha value is -2.38. The van der Waals surface area contributed by atoms with Crippen LogP contribution in [0.25, 0.3) is 0 Å². The van der Waals surface area contributed by atoms with Crippen molar-refractivity contribution >= 4 is 11.5 Å². The van der Waals surface area contributed by atoms with E-state index in [2.05, 4.69) is 16.4 Å². The number of nitriles is 1. The largest absolute Gasteiger partial charge is 0.380 e. The fourth-order valence-electron chi connectivity index (χ4n) is 1.63. The van der Waals surface area contributed by atoms with Crippen molar-refractivity contribution in [2.75, 3.05) is 12.4 Å². The van der Waals surface area contributed by atoms with Gasteiger partial charge in [0, 0.05) is 24.6 Å². The zero-order valence-corrected chi connectivity index (χ0v) is 10.1. The Morgan fingerprint density at radius 2 is 2.17 bits per heavy atom.